The van der Waals surface area contributed by atoms with Gasteiger partial charge >= 0.3 is 6.18 Å². The summed E-state index contributed by atoms with van der Waals surface area (Å²) in [5.41, 5.74) is 2.13. The Morgan fingerprint density at radius 1 is 1.14 bits per heavy atom. The SMILES string of the molecule is Cc1nc2c3cc(C(=O)N[C@@H](CO)c4ccccn4)ccc3n(-c3ccc(C(F)(F)F)cc3)c2s1. The number of nitrogens with zero attached hydrogens (tertiary/aromatic N) is 3. The normalized spacial score (nSPS) is 12.8. The summed E-state index contributed by atoms with van der Waals surface area (Å²) in [5.74, 6) is -0.390. The minimum absolute atomic E-state index is 0.315. The van der Waals surface area contributed by atoms with Crippen molar-refractivity contribution in [1.82, 2.24) is 19.9 Å². The van der Waals surface area contributed by atoms with E-state index in [1.807, 2.05) is 11.5 Å². The highest BCUT2D eigenvalue weighted by atomic mass is 32.1. The van der Waals surface area contributed by atoms with E-state index in [2.05, 4.69) is 15.3 Å². The quantitative estimate of drug-likeness (QED) is 0.340. The summed E-state index contributed by atoms with van der Waals surface area (Å²) >= 11 is 1.42. The molecule has 10 heteroatoms. The van der Waals surface area contributed by atoms with Gasteiger partial charge in [-0.2, -0.15) is 13.2 Å². The minimum Gasteiger partial charge on any atom is -0.394 e. The van der Waals surface area contributed by atoms with Crippen molar-refractivity contribution in [2.24, 2.45) is 0 Å². The molecule has 5 rings (SSSR count). The second-order valence-corrected chi connectivity index (χ2v) is 9.14. The molecule has 0 aliphatic heterocycles. The number of aliphatic hydroxyl groups is 1. The first kappa shape index (κ1) is 23.0. The first-order chi connectivity index (χ1) is 16.8. The molecule has 6 nitrogen and oxygen atoms in total. The Bertz CT molecular complexity index is 1530. The largest absolute Gasteiger partial charge is 0.416 e. The number of pyridine rings is 1. The number of nitrogens with one attached hydrogen (secondary N) is 1. The van der Waals surface area contributed by atoms with Gasteiger partial charge in [-0.3, -0.25) is 14.3 Å². The van der Waals surface area contributed by atoms with E-state index < -0.39 is 17.8 Å². The number of benzene rings is 2. The number of aliphatic hydroxyl groups excluding tert-OH is 1. The standard InChI is InChI=1S/C25H19F3N4O2S/c1-14-30-22-18-12-15(23(34)31-20(13-33)19-4-2-3-11-29-19)5-10-21(18)32(24(22)35-14)17-8-6-16(7-9-17)25(26,27)28/h2-12,20,33H,13H2,1H3,(H,31,34)/t20-/m0/s1. The van der Waals surface area contributed by atoms with Gasteiger partial charge in [-0.15, -0.1) is 11.3 Å². The van der Waals surface area contributed by atoms with Crippen molar-refractivity contribution in [3.8, 4) is 5.69 Å². The van der Waals surface area contributed by atoms with Crippen molar-refractivity contribution >= 4 is 38.5 Å². The van der Waals surface area contributed by atoms with Crippen LogP contribution in [0.25, 0.3) is 26.9 Å². The lowest BCUT2D eigenvalue weighted by molar-refractivity contribution is -0.137. The molecule has 5 aromatic rings. The molecule has 1 atom stereocenters. The summed E-state index contributed by atoms with van der Waals surface area (Å²) in [6, 6.07) is 14.6. The molecule has 2 aromatic carbocycles. The molecule has 178 valence electrons. The zero-order valence-corrected chi connectivity index (χ0v) is 19.2. The van der Waals surface area contributed by atoms with Gasteiger partial charge in [-0.1, -0.05) is 6.07 Å². The fourth-order valence-electron chi connectivity index (χ4n) is 4.01. The second kappa shape index (κ2) is 8.79. The summed E-state index contributed by atoms with van der Waals surface area (Å²) in [7, 11) is 0. The van der Waals surface area contributed by atoms with Crippen LogP contribution in [0, 0.1) is 6.92 Å². The number of carbonyl (C=O) groups is 1. The van der Waals surface area contributed by atoms with Crippen LogP contribution in [0.4, 0.5) is 13.2 Å². The minimum atomic E-state index is -4.42. The molecule has 3 heterocycles. The molecule has 0 bridgehead atoms. The Balaban J connectivity index is 1.56. The zero-order chi connectivity index (χ0) is 24.7. The van der Waals surface area contributed by atoms with Crippen LogP contribution >= 0.6 is 11.3 Å². The van der Waals surface area contributed by atoms with Gasteiger partial charge in [0.2, 0.25) is 0 Å². The molecule has 0 saturated heterocycles. The maximum atomic E-state index is 13.0. The van der Waals surface area contributed by atoms with Crippen molar-refractivity contribution in [3.63, 3.8) is 0 Å². The van der Waals surface area contributed by atoms with E-state index in [1.54, 1.807) is 42.6 Å². The van der Waals surface area contributed by atoms with Crippen LogP contribution in [0.2, 0.25) is 0 Å². The third-order valence-corrected chi connectivity index (χ3v) is 6.62. The van der Waals surface area contributed by atoms with Crippen LogP contribution in [0.1, 0.15) is 32.7 Å². The monoisotopic (exact) mass is 496 g/mol. The van der Waals surface area contributed by atoms with Gasteiger partial charge in [0.25, 0.3) is 5.91 Å². The van der Waals surface area contributed by atoms with E-state index in [4.69, 9.17) is 0 Å². The molecule has 35 heavy (non-hydrogen) atoms. The first-order valence-corrected chi connectivity index (χ1v) is 11.5. The number of hydrogen-bond acceptors (Lipinski definition) is 5. The fourth-order valence-corrected chi connectivity index (χ4v) is 4.97. The van der Waals surface area contributed by atoms with Gasteiger partial charge in [-0.25, -0.2) is 4.98 Å². The van der Waals surface area contributed by atoms with Gasteiger partial charge in [0.15, 0.2) is 0 Å². The van der Waals surface area contributed by atoms with Gasteiger partial charge in [0, 0.05) is 22.8 Å². The highest BCUT2D eigenvalue weighted by molar-refractivity contribution is 7.18. The summed E-state index contributed by atoms with van der Waals surface area (Å²) in [5, 5.41) is 14.0. The molecule has 1 amide bonds. The average molecular weight is 497 g/mol. The third kappa shape index (κ3) is 4.26. The number of thiazole rings is 1. The Morgan fingerprint density at radius 2 is 1.91 bits per heavy atom. The van der Waals surface area contributed by atoms with Crippen molar-refractivity contribution in [1.29, 1.82) is 0 Å². The number of hydrogen-bond donors (Lipinski definition) is 2. The third-order valence-electron chi connectivity index (χ3n) is 5.66. The topological polar surface area (TPSA) is 80.0 Å². The number of halogens is 3. The highest BCUT2D eigenvalue weighted by Gasteiger charge is 2.30. The van der Waals surface area contributed by atoms with Crippen LogP contribution < -0.4 is 5.32 Å². The van der Waals surface area contributed by atoms with Crippen molar-refractivity contribution < 1.29 is 23.1 Å². The molecule has 2 N–H and O–H groups in total. The molecule has 0 radical (unpaired) electrons. The van der Waals surface area contributed by atoms with E-state index in [-0.39, 0.29) is 12.5 Å². The molecule has 0 aliphatic carbocycles. The van der Waals surface area contributed by atoms with Crippen LogP contribution in [-0.2, 0) is 6.18 Å². The van der Waals surface area contributed by atoms with E-state index >= 15 is 0 Å². The smallest absolute Gasteiger partial charge is 0.394 e. The summed E-state index contributed by atoms with van der Waals surface area (Å²) < 4.78 is 41.0. The average Bonchev–Trinajstić information content (AvgIpc) is 3.36. The summed E-state index contributed by atoms with van der Waals surface area (Å²) in [6.45, 7) is 1.54. The van der Waals surface area contributed by atoms with E-state index in [0.29, 0.717) is 27.8 Å². The summed E-state index contributed by atoms with van der Waals surface area (Å²) in [6.07, 6.45) is -2.83. The fraction of sp³-hybridized carbons (Fsp3) is 0.160. The van der Waals surface area contributed by atoms with E-state index in [1.165, 1.54) is 23.5 Å². The number of amides is 1. The number of carbonyl (C=O) groups excluding carboxylic acids is 1. The van der Waals surface area contributed by atoms with Crippen molar-refractivity contribution in [3.05, 3.63) is 88.7 Å². The maximum Gasteiger partial charge on any atom is 0.416 e. The molecule has 0 fully saturated rings. The predicted octanol–water partition coefficient (Wildman–Crippen LogP) is 5.43. The van der Waals surface area contributed by atoms with Crippen LogP contribution in [0.15, 0.2) is 66.9 Å². The molecule has 0 unspecified atom stereocenters. The number of rotatable bonds is 5. The van der Waals surface area contributed by atoms with E-state index in [0.717, 1.165) is 27.5 Å². The van der Waals surface area contributed by atoms with Crippen molar-refractivity contribution in [2.75, 3.05) is 6.61 Å². The predicted molar refractivity (Wildman–Crippen MR) is 128 cm³/mol. The lowest BCUT2D eigenvalue weighted by Gasteiger charge is -2.16. The lowest BCUT2D eigenvalue weighted by Crippen LogP contribution is -2.31. The Kier molecular flexibility index (Phi) is 5.78. The molecule has 0 spiro atoms. The summed E-state index contributed by atoms with van der Waals surface area (Å²) in [4.78, 5) is 22.6. The lowest BCUT2D eigenvalue weighted by atomic mass is 10.1. The number of fused-ring (bicyclic) bond motifs is 3. The van der Waals surface area contributed by atoms with E-state index in [9.17, 15) is 23.1 Å². The number of aryl methyl sites for hydroxylation is 1. The number of alkyl halides is 3. The van der Waals surface area contributed by atoms with Crippen LogP contribution in [-0.4, -0.2) is 32.2 Å². The van der Waals surface area contributed by atoms with Gasteiger partial charge in [-0.05, 0) is 61.5 Å². The first-order valence-electron chi connectivity index (χ1n) is 10.7. The van der Waals surface area contributed by atoms with Gasteiger partial charge in [0.05, 0.1) is 34.4 Å². The highest BCUT2D eigenvalue weighted by Crippen LogP contribution is 2.37. The molecular weight excluding hydrogens is 477 g/mol. The second-order valence-electron chi connectivity index (χ2n) is 7.96. The molecular formula is C25H19F3N4O2S. The maximum absolute atomic E-state index is 13.0. The van der Waals surface area contributed by atoms with Gasteiger partial charge in [0.1, 0.15) is 10.3 Å². The Labute approximate surface area is 201 Å². The zero-order valence-electron chi connectivity index (χ0n) is 18.4. The van der Waals surface area contributed by atoms with Crippen molar-refractivity contribution in [2.45, 2.75) is 19.1 Å². The van der Waals surface area contributed by atoms with Crippen LogP contribution in [0.3, 0.4) is 0 Å². The molecule has 0 saturated carbocycles. The van der Waals surface area contributed by atoms with Crippen LogP contribution in [0.5, 0.6) is 0 Å². The molecule has 0 aliphatic rings. The molecule has 3 aromatic heterocycles. The van der Waals surface area contributed by atoms with Gasteiger partial charge < -0.3 is 10.4 Å². The Hall–Kier alpha value is -3.76. The number of aromatic nitrogens is 3. The Morgan fingerprint density at radius 3 is 2.57 bits per heavy atom.